The molecule has 0 aliphatic carbocycles. The first-order valence-electron chi connectivity index (χ1n) is 12.1. The minimum absolute atomic E-state index is 0.139. The summed E-state index contributed by atoms with van der Waals surface area (Å²) in [6.45, 7) is 2.94. The van der Waals surface area contributed by atoms with Crippen LogP contribution >= 0.6 is 11.3 Å². The zero-order valence-electron chi connectivity index (χ0n) is 19.8. The number of aromatic nitrogens is 1. The number of hydrogen-bond donors (Lipinski definition) is 1. The highest BCUT2D eigenvalue weighted by molar-refractivity contribution is 7.20. The van der Waals surface area contributed by atoms with Crippen LogP contribution in [0.1, 0.15) is 18.4 Å². The molecule has 5 rings (SSSR count). The molecule has 1 N–H and O–H groups in total. The van der Waals surface area contributed by atoms with Crippen molar-refractivity contribution in [1.29, 1.82) is 5.26 Å². The lowest BCUT2D eigenvalue weighted by molar-refractivity contribution is 0.215. The normalized spacial score (nSPS) is 14.9. The Morgan fingerprint density at radius 1 is 1.00 bits per heavy atom. The summed E-state index contributed by atoms with van der Waals surface area (Å²) in [6, 6.07) is 26.1. The summed E-state index contributed by atoms with van der Waals surface area (Å²) in [5.41, 5.74) is 2.24. The minimum Gasteiger partial charge on any atom is -0.431 e. The van der Waals surface area contributed by atoms with Crippen LogP contribution in [0, 0.1) is 11.5 Å². The van der Waals surface area contributed by atoms with Gasteiger partial charge < -0.3 is 14.4 Å². The molecule has 0 amide bonds. The van der Waals surface area contributed by atoms with E-state index in [0.29, 0.717) is 10.9 Å². The van der Waals surface area contributed by atoms with Crippen molar-refractivity contribution in [1.82, 2.24) is 15.2 Å². The van der Waals surface area contributed by atoms with E-state index in [1.165, 1.54) is 5.56 Å². The average molecular weight is 498 g/mol. The summed E-state index contributed by atoms with van der Waals surface area (Å²) in [4.78, 5) is 11.6. The zero-order chi connectivity index (χ0) is 24.6. The maximum atomic E-state index is 9.04. The SMILES string of the molecule is N#CNC(=NC1CCN(CCc2ccc(Oc3nc4ccccc4s3)cc2)CC1)Oc1ccccc1. The van der Waals surface area contributed by atoms with Crippen LogP contribution < -0.4 is 14.8 Å². The number of nitrogens with zero attached hydrogens (tertiary/aromatic N) is 4. The third kappa shape index (κ3) is 6.39. The molecule has 1 fully saturated rings. The van der Waals surface area contributed by atoms with Gasteiger partial charge in [0.1, 0.15) is 11.5 Å². The van der Waals surface area contributed by atoms with Crippen LogP contribution in [0.2, 0.25) is 0 Å². The van der Waals surface area contributed by atoms with Crippen molar-refractivity contribution in [2.75, 3.05) is 19.6 Å². The smallest absolute Gasteiger partial charge is 0.304 e. The van der Waals surface area contributed by atoms with Gasteiger partial charge in [-0.1, -0.05) is 53.8 Å². The minimum atomic E-state index is 0.139. The van der Waals surface area contributed by atoms with E-state index in [1.807, 2.05) is 66.9 Å². The highest BCUT2D eigenvalue weighted by Crippen LogP contribution is 2.31. The van der Waals surface area contributed by atoms with Gasteiger partial charge in [0.25, 0.3) is 5.19 Å². The number of aliphatic imine (C=N–C) groups is 1. The molecule has 0 saturated carbocycles. The average Bonchev–Trinajstić information content (AvgIpc) is 3.32. The Hall–Kier alpha value is -3.93. The number of rotatable bonds is 7. The maximum absolute atomic E-state index is 9.04. The van der Waals surface area contributed by atoms with Crippen molar-refractivity contribution in [2.45, 2.75) is 25.3 Å². The first-order chi connectivity index (χ1) is 17.7. The lowest BCUT2D eigenvalue weighted by Crippen LogP contribution is -2.38. The number of ether oxygens (including phenoxy) is 2. The summed E-state index contributed by atoms with van der Waals surface area (Å²) < 4.78 is 12.8. The topological polar surface area (TPSA) is 82.8 Å². The van der Waals surface area contributed by atoms with Crippen LogP contribution in [-0.4, -0.2) is 41.6 Å². The van der Waals surface area contributed by atoms with E-state index in [9.17, 15) is 0 Å². The van der Waals surface area contributed by atoms with Crippen molar-refractivity contribution in [3.8, 4) is 22.9 Å². The van der Waals surface area contributed by atoms with Gasteiger partial charge in [-0.2, -0.15) is 5.26 Å². The summed E-state index contributed by atoms with van der Waals surface area (Å²) in [6.07, 6.45) is 4.77. The maximum Gasteiger partial charge on any atom is 0.304 e. The highest BCUT2D eigenvalue weighted by atomic mass is 32.1. The van der Waals surface area contributed by atoms with Crippen molar-refractivity contribution in [2.24, 2.45) is 4.99 Å². The van der Waals surface area contributed by atoms with Gasteiger partial charge in [-0.3, -0.25) is 0 Å². The van der Waals surface area contributed by atoms with E-state index < -0.39 is 0 Å². The fourth-order valence-corrected chi connectivity index (χ4v) is 5.01. The molecule has 36 heavy (non-hydrogen) atoms. The number of benzene rings is 3. The molecular weight excluding hydrogens is 470 g/mol. The molecule has 4 aromatic rings. The molecule has 7 nitrogen and oxygen atoms in total. The van der Waals surface area contributed by atoms with Crippen LogP contribution in [0.5, 0.6) is 16.7 Å². The molecule has 0 unspecified atom stereocenters. The summed E-state index contributed by atoms with van der Waals surface area (Å²) in [7, 11) is 0. The highest BCUT2D eigenvalue weighted by Gasteiger charge is 2.19. The number of amidine groups is 1. The van der Waals surface area contributed by atoms with Crippen molar-refractivity contribution < 1.29 is 9.47 Å². The predicted molar refractivity (Wildman–Crippen MR) is 143 cm³/mol. The molecule has 0 atom stereocenters. The molecule has 1 saturated heterocycles. The van der Waals surface area contributed by atoms with Gasteiger partial charge in [-0.25, -0.2) is 15.3 Å². The van der Waals surface area contributed by atoms with E-state index in [1.54, 1.807) is 11.3 Å². The predicted octanol–water partition coefficient (Wildman–Crippen LogP) is 5.60. The number of para-hydroxylation sites is 2. The van der Waals surface area contributed by atoms with Crippen molar-refractivity contribution >= 4 is 27.6 Å². The third-order valence-corrected chi connectivity index (χ3v) is 7.01. The van der Waals surface area contributed by atoms with Crippen LogP contribution in [0.3, 0.4) is 0 Å². The largest absolute Gasteiger partial charge is 0.431 e. The van der Waals surface area contributed by atoms with E-state index in [-0.39, 0.29) is 12.1 Å². The molecular formula is C28H27N5O2S. The summed E-state index contributed by atoms with van der Waals surface area (Å²) in [5, 5.41) is 12.3. The molecule has 0 spiro atoms. The number of piperidine rings is 1. The molecule has 1 aliphatic rings. The van der Waals surface area contributed by atoms with E-state index >= 15 is 0 Å². The van der Waals surface area contributed by atoms with Gasteiger partial charge in [0.15, 0.2) is 6.19 Å². The third-order valence-electron chi connectivity index (χ3n) is 6.10. The second-order valence-electron chi connectivity index (χ2n) is 8.60. The second kappa shape index (κ2) is 11.7. The summed E-state index contributed by atoms with van der Waals surface area (Å²) >= 11 is 1.56. The van der Waals surface area contributed by atoms with Gasteiger partial charge in [-0.15, -0.1) is 0 Å². The Morgan fingerprint density at radius 2 is 1.75 bits per heavy atom. The molecule has 182 valence electrons. The second-order valence-corrected chi connectivity index (χ2v) is 9.60. The first-order valence-corrected chi connectivity index (χ1v) is 12.9. The standard InChI is InChI=1S/C28H27N5O2S/c29-20-30-27(34-23-6-2-1-3-7-23)31-22-15-18-33(19-16-22)17-14-21-10-12-24(13-11-21)35-28-32-25-8-4-5-9-26(25)36-28/h1-13,22H,14-19H2,(H,30,31). The van der Waals surface area contributed by atoms with Crippen LogP contribution in [0.4, 0.5) is 0 Å². The number of nitrogens with one attached hydrogen (secondary N) is 1. The number of thiazole rings is 1. The Kier molecular flexibility index (Phi) is 7.71. The Labute approximate surface area is 214 Å². The molecule has 0 bridgehead atoms. The van der Waals surface area contributed by atoms with E-state index in [2.05, 4.69) is 38.4 Å². The molecule has 2 heterocycles. The van der Waals surface area contributed by atoms with Crippen LogP contribution in [-0.2, 0) is 6.42 Å². The summed E-state index contributed by atoms with van der Waals surface area (Å²) in [5.74, 6) is 1.46. The Balaban J connectivity index is 1.08. The molecule has 8 heteroatoms. The lowest BCUT2D eigenvalue weighted by Gasteiger charge is -2.30. The lowest BCUT2D eigenvalue weighted by atomic mass is 10.0. The molecule has 1 aliphatic heterocycles. The Bertz CT molecular complexity index is 1310. The van der Waals surface area contributed by atoms with Gasteiger partial charge in [-0.05, 0) is 61.2 Å². The fraction of sp³-hybridized carbons (Fsp3) is 0.250. The van der Waals surface area contributed by atoms with Gasteiger partial charge >= 0.3 is 6.02 Å². The van der Waals surface area contributed by atoms with E-state index in [4.69, 9.17) is 14.7 Å². The molecule has 1 aromatic heterocycles. The first kappa shape index (κ1) is 23.8. The van der Waals surface area contributed by atoms with Crippen LogP contribution in [0.25, 0.3) is 10.2 Å². The van der Waals surface area contributed by atoms with Crippen LogP contribution in [0.15, 0.2) is 83.9 Å². The number of fused-ring (bicyclic) bond motifs is 1. The van der Waals surface area contributed by atoms with Crippen molar-refractivity contribution in [3.63, 3.8) is 0 Å². The van der Waals surface area contributed by atoms with E-state index in [0.717, 1.165) is 54.9 Å². The number of hydrogen-bond acceptors (Lipinski definition) is 7. The van der Waals surface area contributed by atoms with Gasteiger partial charge in [0.05, 0.1) is 16.3 Å². The van der Waals surface area contributed by atoms with Crippen molar-refractivity contribution in [3.05, 3.63) is 84.4 Å². The molecule has 3 aromatic carbocycles. The number of nitriles is 1. The van der Waals surface area contributed by atoms with Gasteiger partial charge in [0.2, 0.25) is 0 Å². The monoisotopic (exact) mass is 497 g/mol. The van der Waals surface area contributed by atoms with Gasteiger partial charge in [0, 0.05) is 19.6 Å². The molecule has 0 radical (unpaired) electrons. The fourth-order valence-electron chi connectivity index (χ4n) is 4.18. The quantitative estimate of drug-likeness (QED) is 0.155. The zero-order valence-corrected chi connectivity index (χ0v) is 20.7. The number of likely N-dealkylation sites (tertiary alicyclic amines) is 1. The Morgan fingerprint density at radius 3 is 2.50 bits per heavy atom.